The molecule has 1 heterocycles. The highest BCUT2D eigenvalue weighted by molar-refractivity contribution is 5.77. The standard InChI is InChI=1S/C21H25N3O/c1-14-17-7-4-8-19(17)24-20(23-14)11-12-22-21(25)13-16-10-9-15-5-2-3-6-18(15)16/h2-3,5-6,16H,4,7-13H2,1H3,(H,22,25)/t16-/m0/s1. The molecule has 25 heavy (non-hydrogen) atoms. The number of nitrogens with one attached hydrogen (secondary N) is 1. The minimum Gasteiger partial charge on any atom is -0.356 e. The SMILES string of the molecule is Cc1nc(CCNC(=O)C[C@@H]2CCc3ccccc32)nc2c1CCC2. The van der Waals surface area contributed by atoms with E-state index in [0.717, 1.165) is 37.2 Å². The van der Waals surface area contributed by atoms with E-state index in [2.05, 4.69) is 46.5 Å². The summed E-state index contributed by atoms with van der Waals surface area (Å²) in [7, 11) is 0. The molecule has 4 heteroatoms. The van der Waals surface area contributed by atoms with Crippen LogP contribution in [0.4, 0.5) is 0 Å². The lowest BCUT2D eigenvalue weighted by Crippen LogP contribution is -2.27. The zero-order chi connectivity index (χ0) is 17.2. The zero-order valence-corrected chi connectivity index (χ0v) is 14.8. The highest BCUT2D eigenvalue weighted by Crippen LogP contribution is 2.35. The highest BCUT2D eigenvalue weighted by atomic mass is 16.1. The van der Waals surface area contributed by atoms with E-state index in [0.29, 0.717) is 25.3 Å². The van der Waals surface area contributed by atoms with Crippen molar-refractivity contribution in [2.45, 2.75) is 57.8 Å². The van der Waals surface area contributed by atoms with E-state index in [-0.39, 0.29) is 5.91 Å². The van der Waals surface area contributed by atoms with Gasteiger partial charge in [-0.1, -0.05) is 24.3 Å². The molecule has 0 unspecified atom stereocenters. The van der Waals surface area contributed by atoms with Gasteiger partial charge in [0.2, 0.25) is 5.91 Å². The topological polar surface area (TPSA) is 54.9 Å². The minimum absolute atomic E-state index is 0.139. The molecule has 2 aromatic rings. The molecular weight excluding hydrogens is 310 g/mol. The van der Waals surface area contributed by atoms with Gasteiger partial charge in [0.25, 0.3) is 0 Å². The number of benzene rings is 1. The molecule has 4 rings (SSSR count). The third-order valence-electron chi connectivity index (χ3n) is 5.55. The van der Waals surface area contributed by atoms with Gasteiger partial charge in [-0.15, -0.1) is 0 Å². The molecule has 0 saturated carbocycles. The van der Waals surface area contributed by atoms with Crippen LogP contribution in [0.5, 0.6) is 0 Å². The van der Waals surface area contributed by atoms with Gasteiger partial charge < -0.3 is 5.32 Å². The summed E-state index contributed by atoms with van der Waals surface area (Å²) in [6.45, 7) is 2.69. The monoisotopic (exact) mass is 335 g/mol. The van der Waals surface area contributed by atoms with Crippen LogP contribution in [-0.2, 0) is 30.5 Å². The van der Waals surface area contributed by atoms with E-state index in [4.69, 9.17) is 0 Å². The van der Waals surface area contributed by atoms with Crippen molar-refractivity contribution in [2.24, 2.45) is 0 Å². The van der Waals surface area contributed by atoms with E-state index >= 15 is 0 Å². The first-order valence-corrected chi connectivity index (χ1v) is 9.40. The Balaban J connectivity index is 1.29. The van der Waals surface area contributed by atoms with Crippen molar-refractivity contribution in [1.82, 2.24) is 15.3 Å². The molecule has 1 aromatic heterocycles. The Kier molecular flexibility index (Phi) is 4.51. The van der Waals surface area contributed by atoms with Crippen LogP contribution in [0.2, 0.25) is 0 Å². The van der Waals surface area contributed by atoms with Crippen LogP contribution in [0.1, 0.15) is 59.1 Å². The van der Waals surface area contributed by atoms with Gasteiger partial charge in [-0.05, 0) is 61.6 Å². The van der Waals surface area contributed by atoms with Gasteiger partial charge in [-0.3, -0.25) is 4.79 Å². The maximum atomic E-state index is 12.3. The van der Waals surface area contributed by atoms with Gasteiger partial charge in [-0.2, -0.15) is 0 Å². The van der Waals surface area contributed by atoms with Crippen molar-refractivity contribution in [3.05, 3.63) is 58.2 Å². The molecular formula is C21H25N3O. The predicted molar refractivity (Wildman–Crippen MR) is 97.6 cm³/mol. The van der Waals surface area contributed by atoms with E-state index in [1.807, 2.05) is 0 Å². The number of carbonyl (C=O) groups is 1. The van der Waals surface area contributed by atoms with Crippen LogP contribution in [0.3, 0.4) is 0 Å². The molecule has 0 saturated heterocycles. The van der Waals surface area contributed by atoms with Crippen molar-refractivity contribution in [3.8, 4) is 0 Å². The van der Waals surface area contributed by atoms with Crippen LogP contribution < -0.4 is 5.32 Å². The molecule has 0 bridgehead atoms. The second-order valence-corrected chi connectivity index (χ2v) is 7.24. The number of carbonyl (C=O) groups excluding carboxylic acids is 1. The van der Waals surface area contributed by atoms with Crippen molar-refractivity contribution in [3.63, 3.8) is 0 Å². The van der Waals surface area contributed by atoms with Gasteiger partial charge in [0.1, 0.15) is 5.82 Å². The molecule has 2 aliphatic rings. The third kappa shape index (κ3) is 3.44. The molecule has 1 aromatic carbocycles. The summed E-state index contributed by atoms with van der Waals surface area (Å²) in [5, 5.41) is 3.06. The number of fused-ring (bicyclic) bond motifs is 2. The molecule has 0 fully saturated rings. The lowest BCUT2D eigenvalue weighted by molar-refractivity contribution is -0.121. The van der Waals surface area contributed by atoms with Crippen LogP contribution in [-0.4, -0.2) is 22.4 Å². The fourth-order valence-electron chi connectivity index (χ4n) is 4.26. The second-order valence-electron chi connectivity index (χ2n) is 7.24. The smallest absolute Gasteiger partial charge is 0.220 e. The molecule has 0 radical (unpaired) electrons. The van der Waals surface area contributed by atoms with Gasteiger partial charge >= 0.3 is 0 Å². The zero-order valence-electron chi connectivity index (χ0n) is 14.8. The van der Waals surface area contributed by atoms with Gasteiger partial charge in [0, 0.05) is 30.8 Å². The molecule has 1 N–H and O–H groups in total. The van der Waals surface area contributed by atoms with Crippen LogP contribution in [0.25, 0.3) is 0 Å². The normalized spacial score (nSPS) is 18.0. The number of aromatic nitrogens is 2. The highest BCUT2D eigenvalue weighted by Gasteiger charge is 2.24. The molecule has 0 aliphatic heterocycles. The molecule has 1 atom stereocenters. The summed E-state index contributed by atoms with van der Waals surface area (Å²) in [6.07, 6.45) is 6.84. The largest absolute Gasteiger partial charge is 0.356 e. The number of aryl methyl sites for hydroxylation is 3. The number of amides is 1. The lowest BCUT2D eigenvalue weighted by atomic mass is 9.97. The fourth-order valence-corrected chi connectivity index (χ4v) is 4.26. The van der Waals surface area contributed by atoms with E-state index in [9.17, 15) is 4.79 Å². The summed E-state index contributed by atoms with van der Waals surface area (Å²) in [5.41, 5.74) is 6.44. The van der Waals surface area contributed by atoms with Crippen molar-refractivity contribution >= 4 is 5.91 Å². The first kappa shape index (κ1) is 16.2. The van der Waals surface area contributed by atoms with Crippen LogP contribution in [0.15, 0.2) is 24.3 Å². The van der Waals surface area contributed by atoms with E-state index in [1.54, 1.807) is 0 Å². The number of rotatable bonds is 5. The third-order valence-corrected chi connectivity index (χ3v) is 5.55. The lowest BCUT2D eigenvalue weighted by Gasteiger charge is -2.12. The Labute approximate surface area is 149 Å². The van der Waals surface area contributed by atoms with E-state index in [1.165, 1.54) is 28.8 Å². The minimum atomic E-state index is 0.139. The second kappa shape index (κ2) is 6.95. The van der Waals surface area contributed by atoms with E-state index < -0.39 is 0 Å². The van der Waals surface area contributed by atoms with Crippen LogP contribution >= 0.6 is 0 Å². The van der Waals surface area contributed by atoms with Crippen molar-refractivity contribution in [1.29, 1.82) is 0 Å². The first-order chi connectivity index (χ1) is 12.2. The van der Waals surface area contributed by atoms with Gasteiger partial charge in [0.05, 0.1) is 0 Å². The maximum Gasteiger partial charge on any atom is 0.220 e. The number of hydrogen-bond acceptors (Lipinski definition) is 3. The summed E-state index contributed by atoms with van der Waals surface area (Å²) in [4.78, 5) is 21.6. The molecule has 0 spiro atoms. The summed E-state index contributed by atoms with van der Waals surface area (Å²) in [5.74, 6) is 1.37. The van der Waals surface area contributed by atoms with Crippen molar-refractivity contribution < 1.29 is 4.79 Å². The Morgan fingerprint density at radius 3 is 3.00 bits per heavy atom. The number of nitrogens with zero attached hydrogens (tertiary/aromatic N) is 2. The van der Waals surface area contributed by atoms with Gasteiger partial charge in [0.15, 0.2) is 0 Å². The number of hydrogen-bond donors (Lipinski definition) is 1. The maximum absolute atomic E-state index is 12.3. The van der Waals surface area contributed by atoms with Gasteiger partial charge in [-0.25, -0.2) is 9.97 Å². The average molecular weight is 335 g/mol. The molecule has 1 amide bonds. The fraction of sp³-hybridized carbons (Fsp3) is 0.476. The van der Waals surface area contributed by atoms with Crippen molar-refractivity contribution in [2.75, 3.05) is 6.54 Å². The predicted octanol–water partition coefficient (Wildman–Crippen LogP) is 3.05. The Morgan fingerprint density at radius 1 is 1.20 bits per heavy atom. The summed E-state index contributed by atoms with van der Waals surface area (Å²) >= 11 is 0. The average Bonchev–Trinajstić information content (AvgIpc) is 3.23. The molecule has 130 valence electrons. The quantitative estimate of drug-likeness (QED) is 0.914. The Morgan fingerprint density at radius 2 is 2.08 bits per heavy atom. The Hall–Kier alpha value is -2.23. The summed E-state index contributed by atoms with van der Waals surface area (Å²) in [6, 6.07) is 8.50. The van der Waals surface area contributed by atoms with Crippen LogP contribution in [0, 0.1) is 6.92 Å². The first-order valence-electron chi connectivity index (χ1n) is 9.40. The Bertz CT molecular complexity index is 800. The summed E-state index contributed by atoms with van der Waals surface area (Å²) < 4.78 is 0. The molecule has 2 aliphatic carbocycles. The molecule has 4 nitrogen and oxygen atoms in total.